The quantitative estimate of drug-likeness (QED) is 0.613. The first-order chi connectivity index (χ1) is 9.24. The van der Waals surface area contributed by atoms with Crippen LogP contribution in [0.15, 0.2) is 24.3 Å². The van der Waals surface area contributed by atoms with Crippen molar-refractivity contribution in [3.05, 3.63) is 29.8 Å². The molecule has 1 rings (SSSR count). The number of rotatable bonds is 10. The lowest BCUT2D eigenvalue weighted by Gasteiger charge is -2.10. The van der Waals surface area contributed by atoms with Gasteiger partial charge < -0.3 is 10.5 Å². The fourth-order valence-corrected chi connectivity index (χ4v) is 2.14. The Hall–Kier alpha value is -1.02. The maximum Gasteiger partial charge on any atom is 0.119 e. The summed E-state index contributed by atoms with van der Waals surface area (Å²) in [6.45, 7) is 5.07. The van der Waals surface area contributed by atoms with Gasteiger partial charge >= 0.3 is 0 Å². The minimum atomic E-state index is 0.0714. The van der Waals surface area contributed by atoms with Crippen LogP contribution < -0.4 is 10.5 Å². The van der Waals surface area contributed by atoms with Crippen LogP contribution in [0, 0.1) is 0 Å². The Balaban J connectivity index is 2.10. The number of hydrogen-bond donors (Lipinski definition) is 1. The van der Waals surface area contributed by atoms with E-state index in [1.165, 1.54) is 38.5 Å². The van der Waals surface area contributed by atoms with Crippen LogP contribution in [0.25, 0.3) is 0 Å². The third kappa shape index (κ3) is 7.22. The van der Waals surface area contributed by atoms with Gasteiger partial charge in [-0.3, -0.25) is 0 Å². The van der Waals surface area contributed by atoms with Crippen molar-refractivity contribution in [2.24, 2.45) is 5.73 Å². The zero-order valence-corrected chi connectivity index (χ0v) is 12.5. The smallest absolute Gasteiger partial charge is 0.119 e. The molecule has 2 N–H and O–H groups in total. The summed E-state index contributed by atoms with van der Waals surface area (Å²) in [6, 6.07) is 8.19. The summed E-state index contributed by atoms with van der Waals surface area (Å²) >= 11 is 0. The van der Waals surface area contributed by atoms with E-state index in [1.54, 1.807) is 0 Å². The molecule has 0 amide bonds. The molecular weight excluding hydrogens is 234 g/mol. The molecule has 1 aromatic rings. The predicted octanol–water partition coefficient (Wildman–Crippen LogP) is 4.84. The van der Waals surface area contributed by atoms with Gasteiger partial charge in [-0.15, -0.1) is 0 Å². The van der Waals surface area contributed by atoms with Gasteiger partial charge in [0.1, 0.15) is 5.75 Å². The Morgan fingerprint density at radius 1 is 1.05 bits per heavy atom. The van der Waals surface area contributed by atoms with Gasteiger partial charge in [-0.1, -0.05) is 57.6 Å². The zero-order chi connectivity index (χ0) is 13.9. The molecule has 0 aliphatic carbocycles. The van der Waals surface area contributed by atoms with E-state index in [1.807, 2.05) is 31.2 Å². The Labute approximate surface area is 118 Å². The molecule has 0 unspecified atom stereocenters. The van der Waals surface area contributed by atoms with E-state index in [4.69, 9.17) is 10.5 Å². The molecule has 108 valence electrons. The van der Waals surface area contributed by atoms with Gasteiger partial charge in [-0.25, -0.2) is 0 Å². The molecular formula is C17H29NO. The first-order valence-corrected chi connectivity index (χ1v) is 7.72. The number of unbranched alkanes of at least 4 members (excludes halogenated alkanes) is 6. The summed E-state index contributed by atoms with van der Waals surface area (Å²) in [5.41, 5.74) is 7.00. The standard InChI is InChI=1S/C17H29NO/c1-3-4-5-6-7-8-9-13-19-17-12-10-11-16(14-17)15(2)18/h10-12,14-15H,3-9,13,18H2,1-2H3/t15-/m1/s1. The van der Waals surface area contributed by atoms with E-state index in [2.05, 4.69) is 6.92 Å². The average molecular weight is 263 g/mol. The fourth-order valence-electron chi connectivity index (χ4n) is 2.14. The lowest BCUT2D eigenvalue weighted by molar-refractivity contribution is 0.304. The molecule has 1 aromatic carbocycles. The predicted molar refractivity (Wildman–Crippen MR) is 82.5 cm³/mol. The van der Waals surface area contributed by atoms with E-state index >= 15 is 0 Å². The van der Waals surface area contributed by atoms with Crippen LogP contribution in [0.5, 0.6) is 5.75 Å². The van der Waals surface area contributed by atoms with Gasteiger partial charge in [0.05, 0.1) is 6.61 Å². The molecule has 2 nitrogen and oxygen atoms in total. The third-order valence-corrected chi connectivity index (χ3v) is 3.40. The SMILES string of the molecule is CCCCCCCCCOc1cccc([C@@H](C)N)c1. The summed E-state index contributed by atoms with van der Waals surface area (Å²) < 4.78 is 5.77. The highest BCUT2D eigenvalue weighted by atomic mass is 16.5. The van der Waals surface area contributed by atoms with Gasteiger partial charge in [0, 0.05) is 6.04 Å². The Kier molecular flexibility index (Phi) is 8.31. The van der Waals surface area contributed by atoms with Gasteiger partial charge in [0.2, 0.25) is 0 Å². The van der Waals surface area contributed by atoms with E-state index in [-0.39, 0.29) is 6.04 Å². The number of ether oxygens (including phenoxy) is 1. The van der Waals surface area contributed by atoms with E-state index in [0.717, 1.165) is 24.3 Å². The Morgan fingerprint density at radius 2 is 1.74 bits per heavy atom. The summed E-state index contributed by atoms with van der Waals surface area (Å²) in [7, 11) is 0. The molecule has 0 saturated carbocycles. The van der Waals surface area contributed by atoms with Gasteiger partial charge in [-0.2, -0.15) is 0 Å². The average Bonchev–Trinajstić information content (AvgIpc) is 2.42. The summed E-state index contributed by atoms with van der Waals surface area (Å²) in [4.78, 5) is 0. The number of nitrogens with two attached hydrogens (primary N) is 1. The molecule has 0 aliphatic heterocycles. The van der Waals surface area contributed by atoms with Crippen molar-refractivity contribution in [2.45, 2.75) is 64.8 Å². The Bertz CT molecular complexity index is 336. The van der Waals surface area contributed by atoms with Crippen molar-refractivity contribution in [1.82, 2.24) is 0 Å². The van der Waals surface area contributed by atoms with Crippen molar-refractivity contribution in [3.8, 4) is 5.75 Å². The second-order valence-electron chi connectivity index (χ2n) is 5.33. The number of hydrogen-bond acceptors (Lipinski definition) is 2. The largest absolute Gasteiger partial charge is 0.494 e. The van der Waals surface area contributed by atoms with Crippen molar-refractivity contribution < 1.29 is 4.74 Å². The molecule has 19 heavy (non-hydrogen) atoms. The molecule has 0 aromatic heterocycles. The zero-order valence-electron chi connectivity index (χ0n) is 12.5. The summed E-state index contributed by atoms with van der Waals surface area (Å²) in [5, 5.41) is 0. The molecule has 0 aliphatic rings. The van der Waals surface area contributed by atoms with Crippen LogP contribution in [0.3, 0.4) is 0 Å². The van der Waals surface area contributed by atoms with Crippen molar-refractivity contribution >= 4 is 0 Å². The van der Waals surface area contributed by atoms with Crippen LogP contribution in [-0.2, 0) is 0 Å². The van der Waals surface area contributed by atoms with E-state index in [0.29, 0.717) is 0 Å². The first-order valence-electron chi connectivity index (χ1n) is 7.72. The third-order valence-electron chi connectivity index (χ3n) is 3.40. The topological polar surface area (TPSA) is 35.2 Å². The van der Waals surface area contributed by atoms with E-state index < -0.39 is 0 Å². The van der Waals surface area contributed by atoms with Gasteiger partial charge in [0.25, 0.3) is 0 Å². The highest BCUT2D eigenvalue weighted by molar-refractivity contribution is 5.30. The van der Waals surface area contributed by atoms with Crippen LogP contribution >= 0.6 is 0 Å². The highest BCUT2D eigenvalue weighted by Gasteiger charge is 2.01. The second kappa shape index (κ2) is 9.85. The summed E-state index contributed by atoms with van der Waals surface area (Å²) in [5.74, 6) is 0.945. The monoisotopic (exact) mass is 263 g/mol. The molecule has 2 heteroatoms. The molecule has 1 atom stereocenters. The molecule has 0 heterocycles. The molecule has 0 radical (unpaired) electrons. The second-order valence-corrected chi connectivity index (χ2v) is 5.33. The van der Waals surface area contributed by atoms with Crippen molar-refractivity contribution in [2.75, 3.05) is 6.61 Å². The van der Waals surface area contributed by atoms with Crippen molar-refractivity contribution in [1.29, 1.82) is 0 Å². The maximum absolute atomic E-state index is 5.86. The fraction of sp³-hybridized carbons (Fsp3) is 0.647. The van der Waals surface area contributed by atoms with Crippen LogP contribution in [0.2, 0.25) is 0 Å². The highest BCUT2D eigenvalue weighted by Crippen LogP contribution is 2.18. The van der Waals surface area contributed by atoms with Gasteiger partial charge in [-0.05, 0) is 31.0 Å². The lowest BCUT2D eigenvalue weighted by Crippen LogP contribution is -2.05. The maximum atomic E-state index is 5.86. The van der Waals surface area contributed by atoms with E-state index in [9.17, 15) is 0 Å². The van der Waals surface area contributed by atoms with Gasteiger partial charge in [0.15, 0.2) is 0 Å². The summed E-state index contributed by atoms with van der Waals surface area (Å²) in [6.07, 6.45) is 9.20. The molecule has 0 saturated heterocycles. The minimum absolute atomic E-state index is 0.0714. The van der Waals surface area contributed by atoms with Crippen LogP contribution in [0.4, 0.5) is 0 Å². The molecule has 0 spiro atoms. The Morgan fingerprint density at radius 3 is 2.42 bits per heavy atom. The molecule has 0 bridgehead atoms. The lowest BCUT2D eigenvalue weighted by atomic mass is 10.1. The first kappa shape index (κ1) is 16.0. The molecule has 0 fully saturated rings. The number of benzene rings is 1. The van der Waals surface area contributed by atoms with Crippen molar-refractivity contribution in [3.63, 3.8) is 0 Å². The van der Waals surface area contributed by atoms with Crippen LogP contribution in [-0.4, -0.2) is 6.61 Å². The minimum Gasteiger partial charge on any atom is -0.494 e. The normalized spacial score (nSPS) is 12.4. The van der Waals surface area contributed by atoms with Crippen LogP contribution in [0.1, 0.15) is 70.4 Å².